The minimum absolute atomic E-state index is 0.00190. The molecule has 2 rings (SSSR count). The first-order valence-electron chi connectivity index (χ1n) is 5.24. The van der Waals surface area contributed by atoms with Crippen LogP contribution in [0.15, 0.2) is 23.8 Å². The third-order valence-electron chi connectivity index (χ3n) is 2.82. The summed E-state index contributed by atoms with van der Waals surface area (Å²) in [6.45, 7) is 0. The molecule has 0 aliphatic heterocycles. The summed E-state index contributed by atoms with van der Waals surface area (Å²) in [6, 6.07) is 7.82. The molecule has 0 saturated carbocycles. The molecule has 0 radical (unpaired) electrons. The number of hydrogen-bond donors (Lipinski definition) is 1. The molecule has 3 heteroatoms. The Kier molecular flexibility index (Phi) is 2.74. The van der Waals surface area contributed by atoms with Gasteiger partial charge >= 0.3 is 0 Å². The maximum absolute atomic E-state index is 10.9. The Balaban J connectivity index is 2.36. The van der Waals surface area contributed by atoms with E-state index in [1.165, 1.54) is 17.5 Å². The van der Waals surface area contributed by atoms with Crippen LogP contribution in [0.2, 0.25) is 0 Å². The Labute approximate surface area is 94.2 Å². The summed E-state index contributed by atoms with van der Waals surface area (Å²) in [5, 5.41) is 8.73. The zero-order chi connectivity index (χ0) is 11.5. The Bertz CT molecular complexity index is 509. The van der Waals surface area contributed by atoms with E-state index in [-0.39, 0.29) is 5.57 Å². The lowest BCUT2D eigenvalue weighted by atomic mass is 10.0. The van der Waals surface area contributed by atoms with Crippen LogP contribution >= 0.6 is 0 Å². The van der Waals surface area contributed by atoms with Crippen LogP contribution in [-0.4, -0.2) is 5.91 Å². The van der Waals surface area contributed by atoms with Crippen molar-refractivity contribution in [2.24, 2.45) is 5.73 Å². The molecule has 16 heavy (non-hydrogen) atoms. The highest BCUT2D eigenvalue weighted by atomic mass is 16.1. The molecule has 0 aromatic heterocycles. The minimum Gasteiger partial charge on any atom is -0.365 e. The average Bonchev–Trinajstić information content (AvgIpc) is 2.72. The van der Waals surface area contributed by atoms with E-state index in [2.05, 4.69) is 6.07 Å². The number of carbonyl (C=O) groups excluding carboxylic acids is 1. The summed E-state index contributed by atoms with van der Waals surface area (Å²) in [5.41, 5.74) is 8.63. The lowest BCUT2D eigenvalue weighted by Crippen LogP contribution is -2.12. The number of hydrogen-bond acceptors (Lipinski definition) is 2. The number of nitriles is 1. The van der Waals surface area contributed by atoms with E-state index in [4.69, 9.17) is 11.0 Å². The second-order valence-corrected chi connectivity index (χ2v) is 3.92. The molecule has 0 fully saturated rings. The quantitative estimate of drug-likeness (QED) is 0.597. The molecule has 2 N–H and O–H groups in total. The van der Waals surface area contributed by atoms with Gasteiger partial charge in [-0.3, -0.25) is 4.79 Å². The van der Waals surface area contributed by atoms with Gasteiger partial charge in [-0.15, -0.1) is 0 Å². The van der Waals surface area contributed by atoms with E-state index in [9.17, 15) is 4.79 Å². The number of amides is 1. The van der Waals surface area contributed by atoms with E-state index in [1.54, 1.807) is 12.1 Å². The van der Waals surface area contributed by atoms with Gasteiger partial charge in [0.15, 0.2) is 0 Å². The third kappa shape index (κ3) is 1.96. The standard InChI is InChI=1S/C13H12N2O/c14-8-12(13(15)16)7-9-4-5-10-2-1-3-11(10)6-9/h4-7H,1-3H2,(H2,15,16)/b12-7-. The maximum atomic E-state index is 10.9. The van der Waals surface area contributed by atoms with Gasteiger partial charge in [0.25, 0.3) is 5.91 Å². The number of primary amides is 1. The Morgan fingerprint density at radius 3 is 2.81 bits per heavy atom. The molecule has 80 valence electrons. The van der Waals surface area contributed by atoms with Gasteiger partial charge in [-0.1, -0.05) is 18.2 Å². The number of fused-ring (bicyclic) bond motifs is 1. The largest absolute Gasteiger partial charge is 0.365 e. The van der Waals surface area contributed by atoms with Crippen LogP contribution in [0, 0.1) is 11.3 Å². The molecule has 0 atom stereocenters. The van der Waals surface area contributed by atoms with E-state index in [0.29, 0.717) is 0 Å². The number of nitrogens with zero attached hydrogens (tertiary/aromatic N) is 1. The second-order valence-electron chi connectivity index (χ2n) is 3.92. The summed E-state index contributed by atoms with van der Waals surface area (Å²) in [5.74, 6) is -0.678. The summed E-state index contributed by atoms with van der Waals surface area (Å²) in [6.07, 6.45) is 4.93. The lowest BCUT2D eigenvalue weighted by Gasteiger charge is -2.00. The van der Waals surface area contributed by atoms with Crippen LogP contribution in [0.4, 0.5) is 0 Å². The van der Waals surface area contributed by atoms with Crippen LogP contribution < -0.4 is 5.73 Å². The summed E-state index contributed by atoms with van der Waals surface area (Å²) in [7, 11) is 0. The van der Waals surface area contributed by atoms with Gasteiger partial charge in [-0.25, -0.2) is 0 Å². The normalized spacial score (nSPS) is 14.3. The molecular weight excluding hydrogens is 200 g/mol. The lowest BCUT2D eigenvalue weighted by molar-refractivity contribution is -0.114. The van der Waals surface area contributed by atoms with E-state index in [0.717, 1.165) is 18.4 Å². The predicted molar refractivity (Wildman–Crippen MR) is 61.3 cm³/mol. The molecule has 3 nitrogen and oxygen atoms in total. The van der Waals surface area contributed by atoms with Crippen LogP contribution in [0.5, 0.6) is 0 Å². The van der Waals surface area contributed by atoms with E-state index >= 15 is 0 Å². The highest BCUT2D eigenvalue weighted by Crippen LogP contribution is 2.23. The molecule has 0 unspecified atom stereocenters. The molecule has 0 heterocycles. The molecule has 1 aliphatic rings. The van der Waals surface area contributed by atoms with E-state index < -0.39 is 5.91 Å². The molecule has 1 aromatic rings. The van der Waals surface area contributed by atoms with E-state index in [1.807, 2.05) is 12.1 Å². The topological polar surface area (TPSA) is 66.9 Å². The van der Waals surface area contributed by atoms with Crippen LogP contribution in [0.25, 0.3) is 6.08 Å². The number of benzene rings is 1. The van der Waals surface area contributed by atoms with Crippen LogP contribution in [0.3, 0.4) is 0 Å². The van der Waals surface area contributed by atoms with Crippen molar-refractivity contribution in [2.45, 2.75) is 19.3 Å². The first-order chi connectivity index (χ1) is 7.70. The molecule has 0 spiro atoms. The van der Waals surface area contributed by atoms with Crippen molar-refractivity contribution in [1.82, 2.24) is 0 Å². The fourth-order valence-electron chi connectivity index (χ4n) is 2.01. The molecule has 1 aromatic carbocycles. The van der Waals surface area contributed by atoms with Gasteiger partial charge in [-0.2, -0.15) is 5.26 Å². The summed E-state index contributed by atoms with van der Waals surface area (Å²) in [4.78, 5) is 10.9. The highest BCUT2D eigenvalue weighted by molar-refractivity contribution is 6.00. The summed E-state index contributed by atoms with van der Waals surface area (Å²) >= 11 is 0. The number of nitrogens with two attached hydrogens (primary N) is 1. The zero-order valence-electron chi connectivity index (χ0n) is 8.86. The Morgan fingerprint density at radius 2 is 2.12 bits per heavy atom. The first-order valence-corrected chi connectivity index (χ1v) is 5.24. The maximum Gasteiger partial charge on any atom is 0.259 e. The molecule has 1 aliphatic carbocycles. The van der Waals surface area contributed by atoms with Gasteiger partial charge in [0.05, 0.1) is 0 Å². The number of carbonyl (C=O) groups is 1. The van der Waals surface area contributed by atoms with Crippen molar-refractivity contribution in [3.8, 4) is 6.07 Å². The van der Waals surface area contributed by atoms with Gasteiger partial charge in [0, 0.05) is 0 Å². The minimum atomic E-state index is -0.678. The van der Waals surface area contributed by atoms with Crippen molar-refractivity contribution in [1.29, 1.82) is 5.26 Å². The number of rotatable bonds is 2. The van der Waals surface area contributed by atoms with Gasteiger partial charge < -0.3 is 5.73 Å². The predicted octanol–water partition coefficient (Wildman–Crippen LogP) is 1.57. The molecule has 0 saturated heterocycles. The van der Waals surface area contributed by atoms with Crippen LogP contribution in [-0.2, 0) is 17.6 Å². The monoisotopic (exact) mass is 212 g/mol. The van der Waals surface area contributed by atoms with Crippen molar-refractivity contribution in [3.63, 3.8) is 0 Å². The second kappa shape index (κ2) is 4.19. The fourth-order valence-corrected chi connectivity index (χ4v) is 2.01. The first kappa shape index (κ1) is 10.4. The Hall–Kier alpha value is -2.08. The summed E-state index contributed by atoms with van der Waals surface area (Å²) < 4.78 is 0. The fraction of sp³-hybridized carbons (Fsp3) is 0.231. The highest BCUT2D eigenvalue weighted by Gasteiger charge is 2.11. The van der Waals surface area contributed by atoms with Crippen molar-refractivity contribution in [3.05, 3.63) is 40.5 Å². The number of aryl methyl sites for hydroxylation is 2. The van der Waals surface area contributed by atoms with Crippen LogP contribution in [0.1, 0.15) is 23.1 Å². The molecular formula is C13H12N2O. The molecule has 1 amide bonds. The van der Waals surface area contributed by atoms with Gasteiger partial charge in [0.2, 0.25) is 0 Å². The SMILES string of the molecule is N#C/C(=C/c1ccc2c(c1)CCC2)C(N)=O. The van der Waals surface area contributed by atoms with Gasteiger partial charge in [0.1, 0.15) is 11.6 Å². The molecule has 0 bridgehead atoms. The smallest absolute Gasteiger partial charge is 0.259 e. The Morgan fingerprint density at radius 1 is 1.38 bits per heavy atom. The van der Waals surface area contributed by atoms with Crippen molar-refractivity contribution >= 4 is 12.0 Å². The zero-order valence-corrected chi connectivity index (χ0v) is 8.86. The third-order valence-corrected chi connectivity index (χ3v) is 2.82. The average molecular weight is 212 g/mol. The van der Waals surface area contributed by atoms with Crippen molar-refractivity contribution < 1.29 is 4.79 Å². The van der Waals surface area contributed by atoms with Crippen molar-refractivity contribution in [2.75, 3.05) is 0 Å². The van der Waals surface area contributed by atoms with Gasteiger partial charge in [-0.05, 0) is 42.0 Å².